The lowest BCUT2D eigenvalue weighted by atomic mass is 10.4. The number of hydrogen-bond acceptors (Lipinski definition) is 2. The molecule has 0 aliphatic heterocycles. The number of carbonyl (C=O) groups is 1. The smallest absolute Gasteiger partial charge is 0.305 e. The van der Waals surface area contributed by atoms with Crippen molar-refractivity contribution >= 4 is 23.6 Å². The third-order valence-electron chi connectivity index (χ3n) is 2.68. The van der Waals surface area contributed by atoms with E-state index in [1.165, 1.54) is 0 Å². The summed E-state index contributed by atoms with van der Waals surface area (Å²) >= 11 is 0. The van der Waals surface area contributed by atoms with Gasteiger partial charge in [-0.2, -0.15) is 0 Å². The van der Waals surface area contributed by atoms with E-state index in [0.717, 1.165) is 0 Å². The molecule has 0 amide bonds. The minimum absolute atomic E-state index is 0.0211. The first kappa shape index (κ1) is 12.9. The van der Waals surface area contributed by atoms with Crippen molar-refractivity contribution in [2.24, 2.45) is 0 Å². The van der Waals surface area contributed by atoms with Gasteiger partial charge in [0.15, 0.2) is 0 Å². The van der Waals surface area contributed by atoms with Crippen molar-refractivity contribution in [1.82, 2.24) is 0 Å². The van der Waals surface area contributed by atoms with E-state index < -0.39 is 17.6 Å². The summed E-state index contributed by atoms with van der Waals surface area (Å²) in [6, 6.07) is 0. The summed E-state index contributed by atoms with van der Waals surface area (Å²) in [5.74, 6) is 0.0211. The zero-order valence-corrected chi connectivity index (χ0v) is 11.5. The third kappa shape index (κ3) is 2.67. The molecule has 0 fully saturated rings. The van der Waals surface area contributed by atoms with Gasteiger partial charge in [0.05, 0.1) is 24.2 Å². The SMILES string of the molecule is CCOC(=O)C(C)([Si](C)C)[Si](C)C. The van der Waals surface area contributed by atoms with E-state index in [4.69, 9.17) is 4.74 Å². The van der Waals surface area contributed by atoms with Crippen LogP contribution in [0.4, 0.5) is 0 Å². The molecular formula is C9H20O2Si2. The van der Waals surface area contributed by atoms with Gasteiger partial charge < -0.3 is 4.74 Å². The maximum atomic E-state index is 11.8. The van der Waals surface area contributed by atoms with E-state index in [9.17, 15) is 4.79 Å². The molecule has 0 bridgehead atoms. The minimum atomic E-state index is -0.621. The van der Waals surface area contributed by atoms with Gasteiger partial charge in [-0.1, -0.05) is 33.1 Å². The summed E-state index contributed by atoms with van der Waals surface area (Å²) in [5.41, 5.74) is 0. The monoisotopic (exact) mass is 216 g/mol. The Hall–Kier alpha value is -0.0962. The van der Waals surface area contributed by atoms with Gasteiger partial charge in [0, 0.05) is 4.66 Å². The highest BCUT2D eigenvalue weighted by Crippen LogP contribution is 2.34. The lowest BCUT2D eigenvalue weighted by Gasteiger charge is -2.33. The van der Waals surface area contributed by atoms with E-state index in [1.807, 2.05) is 6.92 Å². The number of ether oxygens (including phenoxy) is 1. The van der Waals surface area contributed by atoms with Gasteiger partial charge >= 0.3 is 5.97 Å². The quantitative estimate of drug-likeness (QED) is 0.533. The summed E-state index contributed by atoms with van der Waals surface area (Å²) in [7, 11) is -1.24. The van der Waals surface area contributed by atoms with Gasteiger partial charge in [-0.3, -0.25) is 4.79 Å². The molecule has 0 aromatic carbocycles. The van der Waals surface area contributed by atoms with Crippen LogP contribution >= 0.6 is 0 Å². The van der Waals surface area contributed by atoms with E-state index in [0.29, 0.717) is 6.61 Å². The van der Waals surface area contributed by atoms with E-state index >= 15 is 0 Å². The second-order valence-electron chi connectivity index (χ2n) is 3.85. The van der Waals surface area contributed by atoms with Crippen molar-refractivity contribution in [1.29, 1.82) is 0 Å². The minimum Gasteiger partial charge on any atom is -0.466 e. The maximum absolute atomic E-state index is 11.8. The Morgan fingerprint density at radius 3 is 1.85 bits per heavy atom. The van der Waals surface area contributed by atoms with Crippen LogP contribution in [0.25, 0.3) is 0 Å². The van der Waals surface area contributed by atoms with E-state index in [-0.39, 0.29) is 10.6 Å². The normalized spacial score (nSPS) is 12.3. The van der Waals surface area contributed by atoms with Crippen LogP contribution in [0.15, 0.2) is 0 Å². The van der Waals surface area contributed by atoms with Crippen molar-refractivity contribution in [3.05, 3.63) is 0 Å². The lowest BCUT2D eigenvalue weighted by Crippen LogP contribution is -2.43. The Labute approximate surface area is 84.9 Å². The van der Waals surface area contributed by atoms with E-state index in [2.05, 4.69) is 33.1 Å². The van der Waals surface area contributed by atoms with Crippen LogP contribution in [0.3, 0.4) is 0 Å². The second-order valence-corrected chi connectivity index (χ2v) is 10.3. The number of hydrogen-bond donors (Lipinski definition) is 0. The molecule has 0 aromatic heterocycles. The van der Waals surface area contributed by atoms with Crippen molar-refractivity contribution in [2.45, 2.75) is 44.7 Å². The van der Waals surface area contributed by atoms with Gasteiger partial charge in [-0.15, -0.1) is 0 Å². The third-order valence-corrected chi connectivity index (χ3v) is 10.1. The van der Waals surface area contributed by atoms with Crippen molar-refractivity contribution < 1.29 is 9.53 Å². The van der Waals surface area contributed by atoms with Crippen LogP contribution in [-0.2, 0) is 9.53 Å². The molecule has 0 atom stereocenters. The fraction of sp³-hybridized carbons (Fsp3) is 0.889. The first-order valence-electron chi connectivity index (χ1n) is 4.65. The largest absolute Gasteiger partial charge is 0.466 e. The second kappa shape index (κ2) is 4.95. The number of esters is 1. The molecule has 0 aliphatic rings. The topological polar surface area (TPSA) is 26.3 Å². The molecule has 0 spiro atoms. The van der Waals surface area contributed by atoms with Crippen LogP contribution in [0.2, 0.25) is 30.8 Å². The van der Waals surface area contributed by atoms with Crippen LogP contribution in [0.5, 0.6) is 0 Å². The van der Waals surface area contributed by atoms with Crippen LogP contribution < -0.4 is 0 Å². The molecular weight excluding hydrogens is 196 g/mol. The van der Waals surface area contributed by atoms with Gasteiger partial charge in [0.2, 0.25) is 0 Å². The highest BCUT2D eigenvalue weighted by atomic mass is 28.3. The fourth-order valence-corrected chi connectivity index (χ4v) is 6.14. The summed E-state index contributed by atoms with van der Waals surface area (Å²) in [5, 5.41) is 0. The number of rotatable bonds is 4. The van der Waals surface area contributed by atoms with Crippen molar-refractivity contribution in [3.63, 3.8) is 0 Å². The van der Waals surface area contributed by atoms with Gasteiger partial charge in [-0.05, 0) is 6.92 Å². The maximum Gasteiger partial charge on any atom is 0.305 e. The molecule has 2 nitrogen and oxygen atoms in total. The number of carbonyl (C=O) groups excluding carboxylic acids is 1. The molecule has 0 saturated carbocycles. The molecule has 0 unspecified atom stereocenters. The van der Waals surface area contributed by atoms with Gasteiger partial charge in [0.1, 0.15) is 0 Å². The Balaban J connectivity index is 4.69. The van der Waals surface area contributed by atoms with Crippen LogP contribution in [0.1, 0.15) is 13.8 Å². The van der Waals surface area contributed by atoms with Crippen molar-refractivity contribution in [2.75, 3.05) is 6.61 Å². The predicted molar refractivity (Wildman–Crippen MR) is 60.0 cm³/mol. The lowest BCUT2D eigenvalue weighted by molar-refractivity contribution is -0.144. The fourth-order valence-electron chi connectivity index (χ4n) is 1.18. The van der Waals surface area contributed by atoms with Crippen LogP contribution in [-0.4, -0.2) is 30.2 Å². The standard InChI is InChI=1S/C9H20O2Si2/c1-7-11-8(10)9(2,12(3)4)13(5)6/h7H2,1-6H3. The van der Waals surface area contributed by atoms with E-state index in [1.54, 1.807) is 0 Å². The zero-order chi connectivity index (χ0) is 10.6. The molecule has 4 heteroatoms. The van der Waals surface area contributed by atoms with Gasteiger partial charge in [0.25, 0.3) is 0 Å². The Kier molecular flexibility index (Phi) is 4.92. The summed E-state index contributed by atoms with van der Waals surface area (Å²) in [6.07, 6.45) is 0. The van der Waals surface area contributed by atoms with Crippen molar-refractivity contribution in [3.8, 4) is 0 Å². The van der Waals surface area contributed by atoms with Gasteiger partial charge in [-0.25, -0.2) is 0 Å². The molecule has 0 aromatic rings. The van der Waals surface area contributed by atoms with Crippen LogP contribution in [0, 0.1) is 0 Å². The molecule has 0 N–H and O–H groups in total. The first-order chi connectivity index (χ1) is 5.87. The summed E-state index contributed by atoms with van der Waals surface area (Å²) < 4.78 is 4.99. The highest BCUT2D eigenvalue weighted by Gasteiger charge is 2.42. The Morgan fingerprint density at radius 1 is 1.23 bits per heavy atom. The average Bonchev–Trinajstić information content (AvgIpc) is 2.02. The first-order valence-corrected chi connectivity index (χ1v) is 9.65. The molecule has 76 valence electrons. The highest BCUT2D eigenvalue weighted by molar-refractivity contribution is 6.85. The molecule has 2 radical (unpaired) electrons. The molecule has 13 heavy (non-hydrogen) atoms. The summed E-state index contributed by atoms with van der Waals surface area (Å²) in [6.45, 7) is 13.2. The average molecular weight is 216 g/mol. The molecule has 0 rings (SSSR count). The summed E-state index contributed by atoms with van der Waals surface area (Å²) in [4.78, 5) is 11.8. The molecule has 0 aliphatic carbocycles. The predicted octanol–water partition coefficient (Wildman–Crippen LogP) is 2.36. The molecule has 0 heterocycles. The Bertz CT molecular complexity index is 170. The Morgan fingerprint density at radius 2 is 1.62 bits per heavy atom. The molecule has 0 saturated heterocycles. The zero-order valence-electron chi connectivity index (χ0n) is 9.52.